The van der Waals surface area contributed by atoms with Crippen LogP contribution in [0.25, 0.3) is 16.9 Å². The van der Waals surface area contributed by atoms with E-state index in [0.29, 0.717) is 22.4 Å². The smallest absolute Gasteiger partial charge is 0.339 e. The molecule has 2 rings (SSSR count). The van der Waals surface area contributed by atoms with Crippen LogP contribution >= 0.6 is 11.6 Å². The van der Waals surface area contributed by atoms with Crippen LogP contribution in [-0.4, -0.2) is 22.2 Å². The molecule has 1 aromatic carbocycles. The molecule has 0 bridgehead atoms. The van der Waals surface area contributed by atoms with E-state index in [1.807, 2.05) is 0 Å². The standard InChI is InChI=1S/C14H9ClO5/c15-9-3-1-8(2-4-9)11-5-6-12(20-11)10(14(18)19)7-13(16)17/h1-7H,(H,16,17)(H,18,19)/b10-7-. The van der Waals surface area contributed by atoms with Crippen molar-refractivity contribution in [2.45, 2.75) is 0 Å². The van der Waals surface area contributed by atoms with E-state index in [9.17, 15) is 9.59 Å². The Morgan fingerprint density at radius 3 is 2.25 bits per heavy atom. The summed E-state index contributed by atoms with van der Waals surface area (Å²) in [5, 5.41) is 18.2. The Bertz CT molecular complexity index is 682. The molecular formula is C14H9ClO5. The van der Waals surface area contributed by atoms with Gasteiger partial charge < -0.3 is 14.6 Å². The number of carbonyl (C=O) groups is 2. The van der Waals surface area contributed by atoms with Gasteiger partial charge in [0.15, 0.2) is 0 Å². The molecule has 0 spiro atoms. The lowest BCUT2D eigenvalue weighted by Crippen LogP contribution is -2.02. The summed E-state index contributed by atoms with van der Waals surface area (Å²) in [5.41, 5.74) is 0.290. The van der Waals surface area contributed by atoms with Crippen LogP contribution in [-0.2, 0) is 9.59 Å². The van der Waals surface area contributed by atoms with Crippen molar-refractivity contribution >= 4 is 29.1 Å². The van der Waals surface area contributed by atoms with Gasteiger partial charge in [-0.15, -0.1) is 0 Å². The van der Waals surface area contributed by atoms with Gasteiger partial charge in [0.1, 0.15) is 17.1 Å². The molecule has 1 heterocycles. The Kier molecular flexibility index (Phi) is 3.91. The molecule has 0 saturated carbocycles. The quantitative estimate of drug-likeness (QED) is 0.845. The molecule has 2 aromatic rings. The van der Waals surface area contributed by atoms with Crippen LogP contribution in [0.1, 0.15) is 5.76 Å². The number of aliphatic carboxylic acids is 2. The van der Waals surface area contributed by atoms with Gasteiger partial charge in [-0.2, -0.15) is 0 Å². The third-order valence-corrected chi connectivity index (χ3v) is 2.75. The zero-order valence-electron chi connectivity index (χ0n) is 10.0. The average molecular weight is 293 g/mol. The van der Waals surface area contributed by atoms with Crippen molar-refractivity contribution in [3.63, 3.8) is 0 Å². The Balaban J connectivity index is 2.39. The van der Waals surface area contributed by atoms with Gasteiger partial charge in [-0.25, -0.2) is 9.59 Å². The SMILES string of the molecule is O=C(O)/C=C(\C(=O)O)c1ccc(-c2ccc(Cl)cc2)o1. The van der Waals surface area contributed by atoms with Crippen molar-refractivity contribution < 1.29 is 24.2 Å². The largest absolute Gasteiger partial charge is 0.478 e. The fourth-order valence-corrected chi connectivity index (χ4v) is 1.74. The third kappa shape index (κ3) is 3.07. The summed E-state index contributed by atoms with van der Waals surface area (Å²) in [6, 6.07) is 9.75. The van der Waals surface area contributed by atoms with Gasteiger partial charge in [-0.3, -0.25) is 0 Å². The fraction of sp³-hybridized carbons (Fsp3) is 0. The average Bonchev–Trinajstić information content (AvgIpc) is 2.85. The minimum atomic E-state index is -1.37. The highest BCUT2D eigenvalue weighted by Gasteiger charge is 2.17. The van der Waals surface area contributed by atoms with Gasteiger partial charge in [0.2, 0.25) is 0 Å². The zero-order valence-corrected chi connectivity index (χ0v) is 10.8. The molecule has 0 unspecified atom stereocenters. The molecule has 0 fully saturated rings. The molecule has 0 radical (unpaired) electrons. The number of hydrogen-bond donors (Lipinski definition) is 2. The van der Waals surface area contributed by atoms with Gasteiger partial charge in [0, 0.05) is 16.7 Å². The first-order valence-corrected chi connectivity index (χ1v) is 5.89. The normalized spacial score (nSPS) is 11.3. The van der Waals surface area contributed by atoms with E-state index in [2.05, 4.69) is 0 Å². The number of hydrogen-bond acceptors (Lipinski definition) is 3. The second-order valence-electron chi connectivity index (χ2n) is 3.87. The number of benzene rings is 1. The van der Waals surface area contributed by atoms with Crippen LogP contribution in [0, 0.1) is 0 Å². The summed E-state index contributed by atoms with van der Waals surface area (Å²) in [4.78, 5) is 21.6. The van der Waals surface area contributed by atoms with Crippen molar-refractivity contribution in [2.75, 3.05) is 0 Å². The Morgan fingerprint density at radius 1 is 1.05 bits per heavy atom. The van der Waals surface area contributed by atoms with Crippen molar-refractivity contribution in [3.05, 3.63) is 53.3 Å². The van der Waals surface area contributed by atoms with Crippen LogP contribution in [0.4, 0.5) is 0 Å². The van der Waals surface area contributed by atoms with Crippen LogP contribution in [0.15, 0.2) is 46.9 Å². The van der Waals surface area contributed by atoms with Crippen molar-refractivity contribution in [1.82, 2.24) is 0 Å². The van der Waals surface area contributed by atoms with Crippen molar-refractivity contribution in [3.8, 4) is 11.3 Å². The number of carboxylic acid groups (broad SMARTS) is 2. The minimum Gasteiger partial charge on any atom is -0.478 e. The van der Waals surface area contributed by atoms with Gasteiger partial charge >= 0.3 is 11.9 Å². The summed E-state index contributed by atoms with van der Waals surface area (Å²) in [6.07, 6.45) is 0.590. The summed E-state index contributed by atoms with van der Waals surface area (Å²) in [6.45, 7) is 0. The second kappa shape index (κ2) is 5.63. The van der Waals surface area contributed by atoms with E-state index in [4.69, 9.17) is 26.2 Å². The summed E-state index contributed by atoms with van der Waals surface area (Å²) in [5.74, 6) is -2.32. The maximum atomic E-state index is 11.0. The van der Waals surface area contributed by atoms with E-state index in [1.165, 1.54) is 6.07 Å². The molecule has 102 valence electrons. The van der Waals surface area contributed by atoms with Crippen LogP contribution in [0.2, 0.25) is 5.02 Å². The molecule has 1 aromatic heterocycles. The molecule has 0 aliphatic heterocycles. The maximum absolute atomic E-state index is 11.0. The molecule has 0 aliphatic carbocycles. The highest BCUT2D eigenvalue weighted by Crippen LogP contribution is 2.27. The summed E-state index contributed by atoms with van der Waals surface area (Å²) < 4.78 is 5.38. The predicted molar refractivity (Wildman–Crippen MR) is 72.4 cm³/mol. The first-order valence-electron chi connectivity index (χ1n) is 5.51. The molecule has 0 aliphatic rings. The number of rotatable bonds is 4. The molecule has 0 atom stereocenters. The molecular weight excluding hydrogens is 284 g/mol. The van der Waals surface area contributed by atoms with Crippen LogP contribution < -0.4 is 0 Å². The molecule has 20 heavy (non-hydrogen) atoms. The van der Waals surface area contributed by atoms with Gasteiger partial charge in [0.05, 0.1) is 0 Å². The lowest BCUT2D eigenvalue weighted by atomic mass is 10.2. The predicted octanol–water partition coefficient (Wildman–Crippen LogP) is 3.15. The topological polar surface area (TPSA) is 87.7 Å². The fourth-order valence-electron chi connectivity index (χ4n) is 1.61. The van der Waals surface area contributed by atoms with Gasteiger partial charge in [0.25, 0.3) is 0 Å². The monoisotopic (exact) mass is 292 g/mol. The first kappa shape index (κ1) is 13.9. The lowest BCUT2D eigenvalue weighted by molar-refractivity contribution is -0.133. The zero-order chi connectivity index (χ0) is 14.7. The summed E-state index contributed by atoms with van der Waals surface area (Å²) >= 11 is 5.77. The first-order chi connectivity index (χ1) is 9.47. The van der Waals surface area contributed by atoms with Crippen LogP contribution in [0.5, 0.6) is 0 Å². The lowest BCUT2D eigenvalue weighted by Gasteiger charge is -1.99. The Hall–Kier alpha value is -2.53. The maximum Gasteiger partial charge on any atom is 0.339 e. The molecule has 0 amide bonds. The van der Waals surface area contributed by atoms with Gasteiger partial charge in [-0.1, -0.05) is 11.6 Å². The summed E-state index contributed by atoms with van der Waals surface area (Å²) in [7, 11) is 0. The van der Waals surface area contributed by atoms with Crippen molar-refractivity contribution in [2.24, 2.45) is 0 Å². The van der Waals surface area contributed by atoms with Crippen LogP contribution in [0.3, 0.4) is 0 Å². The molecule has 5 nitrogen and oxygen atoms in total. The molecule has 0 saturated heterocycles. The number of carboxylic acids is 2. The highest BCUT2D eigenvalue weighted by atomic mass is 35.5. The second-order valence-corrected chi connectivity index (χ2v) is 4.31. The van der Waals surface area contributed by atoms with E-state index >= 15 is 0 Å². The van der Waals surface area contributed by atoms with Gasteiger partial charge in [-0.05, 0) is 36.4 Å². The number of furan rings is 1. The van der Waals surface area contributed by atoms with E-state index in [-0.39, 0.29) is 5.76 Å². The minimum absolute atomic E-state index is 0.0233. The Labute approximate surface area is 118 Å². The third-order valence-electron chi connectivity index (χ3n) is 2.50. The molecule has 6 heteroatoms. The molecule has 2 N–H and O–H groups in total. The van der Waals surface area contributed by atoms with Crippen molar-refractivity contribution in [1.29, 1.82) is 0 Å². The highest BCUT2D eigenvalue weighted by molar-refractivity contribution is 6.30. The van der Waals surface area contributed by atoms with E-state index in [0.717, 1.165) is 0 Å². The number of halogens is 1. The van der Waals surface area contributed by atoms with E-state index < -0.39 is 17.5 Å². The Morgan fingerprint density at radius 2 is 1.70 bits per heavy atom. The van der Waals surface area contributed by atoms with E-state index in [1.54, 1.807) is 30.3 Å².